The second kappa shape index (κ2) is 15.5. The van der Waals surface area contributed by atoms with Gasteiger partial charge in [-0.05, 0) is 69.0 Å². The lowest BCUT2D eigenvalue weighted by molar-refractivity contribution is -0.129. The minimum absolute atomic E-state index is 0.0146. The highest BCUT2D eigenvalue weighted by molar-refractivity contribution is 7.91. The van der Waals surface area contributed by atoms with E-state index in [9.17, 15) is 18.7 Å². The Hall–Kier alpha value is -4.42. The summed E-state index contributed by atoms with van der Waals surface area (Å²) in [5.74, 6) is -0.169. The standard InChI is InChI=1S/C32H38N6O6S/c1-38(2)20-8-19-34-31(40)32(18-23-45(41,42)26-10-4-3-5-11-26)29(27-12-6-7-13-28(27)36-37-33)44-30(35-32)24-14-16-25(17-15-24)43-22-9-21-39/h3-7,10-17,29,39H,8-9,18-23H2,1-2H3,(H,34,40)/t29-,32-/m1/s1. The number of aliphatic hydroxyl groups excluding tert-OH is 1. The molecular weight excluding hydrogens is 596 g/mol. The Morgan fingerprint density at radius 3 is 2.49 bits per heavy atom. The number of ether oxygens (including phenoxy) is 2. The molecule has 13 heteroatoms. The molecule has 4 rings (SSSR count). The average molecular weight is 635 g/mol. The van der Waals surface area contributed by atoms with E-state index in [1.165, 1.54) is 12.1 Å². The second-order valence-corrected chi connectivity index (χ2v) is 12.9. The molecule has 0 radical (unpaired) electrons. The number of hydrogen-bond acceptors (Lipinski definition) is 9. The van der Waals surface area contributed by atoms with Crippen molar-refractivity contribution in [2.75, 3.05) is 46.2 Å². The molecule has 12 nitrogen and oxygen atoms in total. The molecule has 1 aliphatic heterocycles. The first-order valence-corrected chi connectivity index (χ1v) is 16.3. The van der Waals surface area contributed by atoms with Gasteiger partial charge in [-0.15, -0.1) is 0 Å². The number of amides is 1. The van der Waals surface area contributed by atoms with Gasteiger partial charge in [0.25, 0.3) is 5.91 Å². The number of nitrogens with one attached hydrogen (secondary N) is 1. The van der Waals surface area contributed by atoms with Gasteiger partial charge in [-0.2, -0.15) is 0 Å². The average Bonchev–Trinajstić information content (AvgIpc) is 3.44. The molecule has 3 aromatic carbocycles. The molecule has 0 unspecified atom stereocenters. The van der Waals surface area contributed by atoms with Crippen LogP contribution >= 0.6 is 0 Å². The van der Waals surface area contributed by atoms with E-state index in [0.717, 1.165) is 6.54 Å². The van der Waals surface area contributed by atoms with Crippen molar-refractivity contribution in [3.63, 3.8) is 0 Å². The van der Waals surface area contributed by atoms with Crippen LogP contribution in [-0.4, -0.2) is 81.9 Å². The SMILES string of the molecule is CN(C)CCCNC(=O)[C@]1(CCS(=O)(=O)c2ccccc2)N=C(c2ccc(OCCCO)cc2)O[C@@H]1c1ccccc1N=[N+]=[N-]. The van der Waals surface area contributed by atoms with E-state index in [-0.39, 0.29) is 35.3 Å². The lowest BCUT2D eigenvalue weighted by Crippen LogP contribution is -2.49. The number of carbonyl (C=O) groups excluding carboxylic acids is 1. The maximum Gasteiger partial charge on any atom is 0.252 e. The summed E-state index contributed by atoms with van der Waals surface area (Å²) in [5, 5.41) is 15.8. The summed E-state index contributed by atoms with van der Waals surface area (Å²) in [4.78, 5) is 24.2. The Bertz CT molecular complexity index is 1630. The normalized spacial score (nSPS) is 17.7. The summed E-state index contributed by atoms with van der Waals surface area (Å²) in [5.41, 5.74) is 8.76. The van der Waals surface area contributed by atoms with Gasteiger partial charge in [0.2, 0.25) is 5.90 Å². The maximum absolute atomic E-state index is 14.2. The van der Waals surface area contributed by atoms with Gasteiger partial charge in [-0.1, -0.05) is 47.6 Å². The largest absolute Gasteiger partial charge is 0.494 e. The first kappa shape index (κ1) is 33.5. The van der Waals surface area contributed by atoms with E-state index < -0.39 is 27.4 Å². The summed E-state index contributed by atoms with van der Waals surface area (Å²) in [7, 11) is 0.0622. The molecule has 0 fully saturated rings. The number of carbonyl (C=O) groups is 1. The summed E-state index contributed by atoms with van der Waals surface area (Å²) in [6.45, 7) is 1.43. The smallest absolute Gasteiger partial charge is 0.252 e. The van der Waals surface area contributed by atoms with Crippen molar-refractivity contribution in [1.82, 2.24) is 10.2 Å². The van der Waals surface area contributed by atoms with E-state index in [4.69, 9.17) is 19.6 Å². The molecule has 1 amide bonds. The fourth-order valence-corrected chi connectivity index (χ4v) is 6.37. The minimum Gasteiger partial charge on any atom is -0.494 e. The molecule has 2 atom stereocenters. The monoisotopic (exact) mass is 634 g/mol. The summed E-state index contributed by atoms with van der Waals surface area (Å²) < 4.78 is 39.0. The number of nitrogens with zero attached hydrogens (tertiary/aromatic N) is 5. The van der Waals surface area contributed by atoms with Crippen LogP contribution < -0.4 is 10.1 Å². The van der Waals surface area contributed by atoms with Crippen LogP contribution in [0.4, 0.5) is 5.69 Å². The van der Waals surface area contributed by atoms with Crippen molar-refractivity contribution >= 4 is 27.3 Å². The minimum atomic E-state index is -3.81. The third-order valence-electron chi connectivity index (χ3n) is 7.32. The molecule has 3 aromatic rings. The third kappa shape index (κ3) is 8.40. The maximum atomic E-state index is 14.2. The van der Waals surface area contributed by atoms with Crippen molar-refractivity contribution in [3.05, 3.63) is 100 Å². The first-order chi connectivity index (χ1) is 21.7. The molecule has 2 N–H and O–H groups in total. The Morgan fingerprint density at radius 2 is 1.80 bits per heavy atom. The number of aliphatic hydroxyl groups is 1. The highest BCUT2D eigenvalue weighted by atomic mass is 32.2. The summed E-state index contributed by atoms with van der Waals surface area (Å²) in [6.07, 6.45) is -0.159. The predicted octanol–water partition coefficient (Wildman–Crippen LogP) is 4.58. The lowest BCUT2D eigenvalue weighted by atomic mass is 9.84. The van der Waals surface area contributed by atoms with Gasteiger partial charge in [0.05, 0.1) is 17.3 Å². The van der Waals surface area contributed by atoms with Gasteiger partial charge in [0.1, 0.15) is 5.75 Å². The molecule has 238 valence electrons. The zero-order valence-electron chi connectivity index (χ0n) is 25.4. The van der Waals surface area contributed by atoms with Crippen molar-refractivity contribution in [3.8, 4) is 5.75 Å². The molecule has 0 spiro atoms. The van der Waals surface area contributed by atoms with Crippen molar-refractivity contribution in [1.29, 1.82) is 0 Å². The van der Waals surface area contributed by atoms with Gasteiger partial charge in [0.15, 0.2) is 21.5 Å². The van der Waals surface area contributed by atoms with Crippen LogP contribution in [0, 0.1) is 0 Å². The fraction of sp³-hybridized carbons (Fsp3) is 0.375. The van der Waals surface area contributed by atoms with E-state index in [0.29, 0.717) is 42.9 Å². The van der Waals surface area contributed by atoms with Gasteiger partial charge in [-0.25, -0.2) is 13.4 Å². The van der Waals surface area contributed by atoms with Crippen LogP contribution in [0.2, 0.25) is 0 Å². The van der Waals surface area contributed by atoms with Gasteiger partial charge >= 0.3 is 0 Å². The Morgan fingerprint density at radius 1 is 1.09 bits per heavy atom. The van der Waals surface area contributed by atoms with E-state index in [2.05, 4.69) is 15.3 Å². The highest BCUT2D eigenvalue weighted by Gasteiger charge is 2.54. The zero-order chi connectivity index (χ0) is 32.3. The van der Waals surface area contributed by atoms with Crippen LogP contribution in [0.3, 0.4) is 0 Å². The Kier molecular flexibility index (Phi) is 11.6. The number of hydrogen-bond donors (Lipinski definition) is 2. The van der Waals surface area contributed by atoms with E-state index in [1.54, 1.807) is 66.7 Å². The number of benzene rings is 3. The van der Waals surface area contributed by atoms with Crippen molar-refractivity contribution in [2.45, 2.75) is 35.8 Å². The summed E-state index contributed by atoms with van der Waals surface area (Å²) in [6, 6.07) is 21.7. The fourth-order valence-electron chi connectivity index (χ4n) is 4.98. The third-order valence-corrected chi connectivity index (χ3v) is 9.06. The van der Waals surface area contributed by atoms with Gasteiger partial charge < -0.3 is 24.8 Å². The van der Waals surface area contributed by atoms with Crippen LogP contribution in [0.5, 0.6) is 5.75 Å². The van der Waals surface area contributed by atoms with Crippen LogP contribution in [0.25, 0.3) is 10.4 Å². The Labute approximate surface area is 263 Å². The van der Waals surface area contributed by atoms with Crippen LogP contribution in [0.1, 0.15) is 36.5 Å². The van der Waals surface area contributed by atoms with Gasteiger partial charge in [-0.3, -0.25) is 4.79 Å². The predicted molar refractivity (Wildman–Crippen MR) is 171 cm³/mol. The van der Waals surface area contributed by atoms with E-state index >= 15 is 0 Å². The zero-order valence-corrected chi connectivity index (χ0v) is 26.2. The molecular formula is C32H38N6O6S. The topological polar surface area (TPSA) is 166 Å². The molecule has 1 aliphatic rings. The molecule has 45 heavy (non-hydrogen) atoms. The van der Waals surface area contributed by atoms with Crippen molar-refractivity contribution < 1.29 is 27.8 Å². The van der Waals surface area contributed by atoms with Crippen LogP contribution in [0.15, 0.2) is 93.9 Å². The number of sulfone groups is 1. The van der Waals surface area contributed by atoms with Gasteiger partial charge in [0, 0.05) is 47.7 Å². The molecule has 0 saturated heterocycles. The number of aliphatic imine (C=N–C) groups is 1. The molecule has 0 aliphatic carbocycles. The molecule has 0 saturated carbocycles. The number of azide groups is 1. The lowest BCUT2D eigenvalue weighted by Gasteiger charge is -2.31. The van der Waals surface area contributed by atoms with E-state index in [1.807, 2.05) is 19.0 Å². The van der Waals surface area contributed by atoms with Crippen molar-refractivity contribution in [2.24, 2.45) is 10.1 Å². The molecule has 0 aromatic heterocycles. The molecule has 0 bridgehead atoms. The first-order valence-electron chi connectivity index (χ1n) is 14.7. The van der Waals surface area contributed by atoms with Crippen LogP contribution in [-0.2, 0) is 19.4 Å². The quantitative estimate of drug-likeness (QED) is 0.101. The Balaban J connectivity index is 1.79. The highest BCUT2D eigenvalue weighted by Crippen LogP contribution is 2.45. The molecule has 1 heterocycles. The summed E-state index contributed by atoms with van der Waals surface area (Å²) >= 11 is 0. The second-order valence-electron chi connectivity index (χ2n) is 10.8. The number of rotatable bonds is 16.